The minimum atomic E-state index is -3.77. The summed E-state index contributed by atoms with van der Waals surface area (Å²) in [5.41, 5.74) is 0. The molecule has 0 fully saturated rings. The molecule has 0 bridgehead atoms. The van der Waals surface area contributed by atoms with Gasteiger partial charge in [0.05, 0.1) is 7.11 Å². The van der Waals surface area contributed by atoms with Gasteiger partial charge in [0.2, 0.25) is 10.0 Å². The van der Waals surface area contributed by atoms with Crippen molar-refractivity contribution in [3.63, 3.8) is 0 Å². The second-order valence-electron chi connectivity index (χ2n) is 3.50. The molecule has 0 aliphatic carbocycles. The Morgan fingerprint density at radius 1 is 1.42 bits per heavy atom. The summed E-state index contributed by atoms with van der Waals surface area (Å²) in [6.07, 6.45) is 2.95. The summed E-state index contributed by atoms with van der Waals surface area (Å²) >= 11 is 1.03. The maximum Gasteiger partial charge on any atom is 0.349 e. The van der Waals surface area contributed by atoms with Gasteiger partial charge in [0.15, 0.2) is 0 Å². The van der Waals surface area contributed by atoms with E-state index in [0.29, 0.717) is 0 Å². The molecular weight excluding hydrogens is 286 g/mol. The Bertz CT molecular complexity index is 564. The molecule has 0 atom stereocenters. The second-order valence-corrected chi connectivity index (χ2v) is 6.33. The molecular formula is C12H15NO4S2. The largest absolute Gasteiger partial charge is 0.465 e. The third-order valence-corrected chi connectivity index (χ3v) is 5.18. The fraction of sp³-hybridized carbons (Fsp3) is 0.250. The van der Waals surface area contributed by atoms with Crippen LogP contribution in [0.1, 0.15) is 9.67 Å². The summed E-state index contributed by atoms with van der Waals surface area (Å²) in [6, 6.07) is 1.39. The van der Waals surface area contributed by atoms with Crippen LogP contribution in [0, 0.1) is 0 Å². The Kier molecular flexibility index (Phi) is 5.46. The first-order chi connectivity index (χ1) is 8.98. The van der Waals surface area contributed by atoms with E-state index in [1.807, 2.05) is 0 Å². The van der Waals surface area contributed by atoms with Crippen LogP contribution in [0.2, 0.25) is 0 Å². The molecule has 1 heterocycles. The lowest BCUT2D eigenvalue weighted by atomic mass is 10.5. The quantitative estimate of drug-likeness (QED) is 0.570. The number of hydrogen-bond donors (Lipinski definition) is 0. The number of hydrogen-bond acceptors (Lipinski definition) is 5. The Morgan fingerprint density at radius 3 is 2.47 bits per heavy atom. The van der Waals surface area contributed by atoms with Gasteiger partial charge >= 0.3 is 5.97 Å². The Balaban J connectivity index is 3.25. The van der Waals surface area contributed by atoms with Gasteiger partial charge in [-0.1, -0.05) is 12.2 Å². The smallest absolute Gasteiger partial charge is 0.349 e. The number of nitrogens with zero attached hydrogens (tertiary/aromatic N) is 1. The lowest BCUT2D eigenvalue weighted by molar-refractivity contribution is 0.0602. The topological polar surface area (TPSA) is 63.7 Å². The molecule has 1 rings (SSSR count). The third kappa shape index (κ3) is 3.31. The minimum Gasteiger partial charge on any atom is -0.465 e. The van der Waals surface area contributed by atoms with Gasteiger partial charge in [0, 0.05) is 13.1 Å². The van der Waals surface area contributed by atoms with Gasteiger partial charge < -0.3 is 4.74 Å². The molecule has 5 nitrogen and oxygen atoms in total. The molecule has 0 unspecified atom stereocenters. The molecule has 7 heteroatoms. The average Bonchev–Trinajstić information content (AvgIpc) is 2.87. The van der Waals surface area contributed by atoms with Crippen molar-refractivity contribution in [2.75, 3.05) is 20.2 Å². The molecule has 0 spiro atoms. The zero-order valence-corrected chi connectivity index (χ0v) is 12.2. The van der Waals surface area contributed by atoms with E-state index in [-0.39, 0.29) is 22.9 Å². The van der Waals surface area contributed by atoms with Gasteiger partial charge in [0.1, 0.15) is 9.77 Å². The van der Waals surface area contributed by atoms with Crippen molar-refractivity contribution in [3.05, 3.63) is 41.6 Å². The summed E-state index contributed by atoms with van der Waals surface area (Å²) in [7, 11) is -2.56. The molecule has 0 aliphatic rings. The van der Waals surface area contributed by atoms with Gasteiger partial charge in [-0.15, -0.1) is 24.5 Å². The van der Waals surface area contributed by atoms with Gasteiger partial charge in [0.25, 0.3) is 0 Å². The van der Waals surface area contributed by atoms with Crippen LogP contribution in [-0.4, -0.2) is 38.9 Å². The normalized spacial score (nSPS) is 11.3. The van der Waals surface area contributed by atoms with E-state index in [0.717, 1.165) is 11.3 Å². The van der Waals surface area contributed by atoms with Crippen molar-refractivity contribution < 1.29 is 17.9 Å². The van der Waals surface area contributed by atoms with Gasteiger partial charge in [-0.2, -0.15) is 4.31 Å². The Labute approximate surface area is 116 Å². The zero-order valence-electron chi connectivity index (χ0n) is 10.5. The van der Waals surface area contributed by atoms with Crippen LogP contribution in [0.3, 0.4) is 0 Å². The zero-order chi connectivity index (χ0) is 14.5. The number of sulfonamides is 1. The van der Waals surface area contributed by atoms with Crippen molar-refractivity contribution in [2.24, 2.45) is 0 Å². The van der Waals surface area contributed by atoms with Gasteiger partial charge in [-0.25, -0.2) is 13.2 Å². The summed E-state index contributed by atoms with van der Waals surface area (Å²) in [5, 5.41) is 1.54. The highest BCUT2D eigenvalue weighted by atomic mass is 32.2. The van der Waals surface area contributed by atoms with Crippen LogP contribution in [-0.2, 0) is 14.8 Å². The Hall–Kier alpha value is -1.44. The van der Waals surface area contributed by atoms with E-state index < -0.39 is 16.0 Å². The first kappa shape index (κ1) is 15.6. The summed E-state index contributed by atoms with van der Waals surface area (Å²) < 4.78 is 30.6. The van der Waals surface area contributed by atoms with Gasteiger partial charge in [-0.05, 0) is 11.4 Å². The van der Waals surface area contributed by atoms with Crippen LogP contribution in [0.4, 0.5) is 0 Å². The highest BCUT2D eigenvalue weighted by Crippen LogP contribution is 2.25. The highest BCUT2D eigenvalue weighted by molar-refractivity contribution is 7.89. The van der Waals surface area contributed by atoms with Crippen molar-refractivity contribution in [3.8, 4) is 0 Å². The van der Waals surface area contributed by atoms with E-state index in [4.69, 9.17) is 0 Å². The number of rotatable bonds is 7. The number of carbonyl (C=O) groups excluding carboxylic acids is 1. The predicted octanol–water partition coefficient (Wildman–Crippen LogP) is 1.90. The summed E-state index contributed by atoms with van der Waals surface area (Å²) in [4.78, 5) is 11.6. The fourth-order valence-electron chi connectivity index (χ4n) is 1.44. The molecule has 0 N–H and O–H groups in total. The number of esters is 1. The van der Waals surface area contributed by atoms with Crippen molar-refractivity contribution in [1.82, 2.24) is 4.31 Å². The predicted molar refractivity (Wildman–Crippen MR) is 74.8 cm³/mol. The van der Waals surface area contributed by atoms with Crippen molar-refractivity contribution >= 4 is 27.3 Å². The molecule has 0 radical (unpaired) electrons. The van der Waals surface area contributed by atoms with E-state index >= 15 is 0 Å². The lowest BCUT2D eigenvalue weighted by Gasteiger charge is -2.18. The molecule has 0 amide bonds. The Morgan fingerprint density at radius 2 is 2.00 bits per heavy atom. The number of methoxy groups -OCH3 is 1. The number of carbonyl (C=O) groups is 1. The van der Waals surface area contributed by atoms with E-state index in [2.05, 4.69) is 17.9 Å². The van der Waals surface area contributed by atoms with Crippen LogP contribution in [0.15, 0.2) is 41.7 Å². The third-order valence-electron chi connectivity index (χ3n) is 2.28. The molecule has 0 saturated carbocycles. The van der Waals surface area contributed by atoms with Crippen molar-refractivity contribution in [2.45, 2.75) is 4.90 Å². The minimum absolute atomic E-state index is 0.0481. The van der Waals surface area contributed by atoms with Crippen molar-refractivity contribution in [1.29, 1.82) is 0 Å². The highest BCUT2D eigenvalue weighted by Gasteiger charge is 2.29. The maximum atomic E-state index is 12.4. The van der Waals surface area contributed by atoms with Crippen LogP contribution >= 0.6 is 11.3 Å². The maximum absolute atomic E-state index is 12.4. The van der Waals surface area contributed by atoms with Gasteiger partial charge in [-0.3, -0.25) is 0 Å². The standard InChI is InChI=1S/C12H15NO4S2/c1-4-7-13(8-5-2)19(15,16)10-6-9-18-11(10)12(14)17-3/h4-6,9H,1-2,7-8H2,3H3. The van der Waals surface area contributed by atoms with E-state index in [1.54, 1.807) is 5.38 Å². The van der Waals surface area contributed by atoms with Crippen LogP contribution < -0.4 is 0 Å². The summed E-state index contributed by atoms with van der Waals surface area (Å²) in [5.74, 6) is -0.661. The molecule has 0 saturated heterocycles. The fourth-order valence-corrected chi connectivity index (χ4v) is 4.13. The second kappa shape index (κ2) is 6.65. The van der Waals surface area contributed by atoms with E-state index in [9.17, 15) is 13.2 Å². The lowest BCUT2D eigenvalue weighted by Crippen LogP contribution is -2.32. The monoisotopic (exact) mass is 301 g/mol. The number of thiophene rings is 1. The molecule has 104 valence electrons. The van der Waals surface area contributed by atoms with Crippen LogP contribution in [0.5, 0.6) is 0 Å². The van der Waals surface area contributed by atoms with E-state index in [1.165, 1.54) is 29.6 Å². The molecule has 1 aromatic rings. The molecule has 0 aromatic carbocycles. The number of ether oxygens (including phenoxy) is 1. The first-order valence-electron chi connectivity index (χ1n) is 5.36. The van der Waals surface area contributed by atoms with Crippen LogP contribution in [0.25, 0.3) is 0 Å². The SMILES string of the molecule is C=CCN(CC=C)S(=O)(=O)c1ccsc1C(=O)OC. The first-order valence-corrected chi connectivity index (χ1v) is 7.68. The molecule has 0 aliphatic heterocycles. The molecule has 19 heavy (non-hydrogen) atoms. The summed E-state index contributed by atoms with van der Waals surface area (Å²) in [6.45, 7) is 7.33. The molecule has 1 aromatic heterocycles. The average molecular weight is 301 g/mol.